The summed E-state index contributed by atoms with van der Waals surface area (Å²) >= 11 is 0. The largest absolute Gasteiger partial charge is 0.480 e. The molecule has 37 heavy (non-hydrogen) atoms. The molecule has 0 aromatic carbocycles. The van der Waals surface area contributed by atoms with Gasteiger partial charge in [-0.25, -0.2) is 18.4 Å². The summed E-state index contributed by atoms with van der Waals surface area (Å²) in [6.45, 7) is 7.24. The Labute approximate surface area is 211 Å². The molecule has 2 rings (SSSR count). The number of aliphatic hydroxyl groups is 1. The van der Waals surface area contributed by atoms with Crippen molar-refractivity contribution in [1.29, 1.82) is 0 Å². The molecule has 1 aliphatic rings. The van der Waals surface area contributed by atoms with Crippen molar-refractivity contribution in [3.63, 3.8) is 0 Å². The number of phosphoric ester groups is 1. The predicted molar refractivity (Wildman–Crippen MR) is 122 cm³/mol. The number of esters is 2. The lowest BCUT2D eigenvalue weighted by atomic mass is 9.98. The first-order valence-corrected chi connectivity index (χ1v) is 12.6. The van der Waals surface area contributed by atoms with E-state index in [1.54, 1.807) is 46.5 Å². The Balaban J connectivity index is 2.06. The van der Waals surface area contributed by atoms with Crippen LogP contribution in [0, 0.1) is 16.6 Å². The number of aromatic nitrogens is 2. The number of hydrogen-bond acceptors (Lipinski definition) is 12. The van der Waals surface area contributed by atoms with Gasteiger partial charge in [0.15, 0.2) is 0 Å². The number of phosphoric acid groups is 1. The second kappa shape index (κ2) is 12.0. The number of hydrogen-bond donors (Lipinski definition) is 2. The molecule has 3 atom stereocenters. The third-order valence-electron chi connectivity index (χ3n) is 4.86. The quantitative estimate of drug-likeness (QED) is 0.242. The lowest BCUT2D eigenvalue weighted by Gasteiger charge is -2.23. The highest BCUT2D eigenvalue weighted by Gasteiger charge is 2.39. The molecular formula is C21H32FN2O12P. The highest BCUT2D eigenvalue weighted by atomic mass is 31.2. The average molecular weight is 554 g/mol. The van der Waals surface area contributed by atoms with Crippen molar-refractivity contribution in [2.75, 3.05) is 20.2 Å². The Morgan fingerprint density at radius 2 is 1.59 bits per heavy atom. The topological polar surface area (TPSA) is 182 Å². The van der Waals surface area contributed by atoms with Crippen molar-refractivity contribution in [2.24, 2.45) is 10.8 Å². The van der Waals surface area contributed by atoms with Crippen LogP contribution in [0.4, 0.5) is 4.39 Å². The van der Waals surface area contributed by atoms with Crippen molar-refractivity contribution < 1.29 is 51.4 Å². The number of H-pyrrole nitrogens is 1. The van der Waals surface area contributed by atoms with E-state index < -0.39 is 86.3 Å². The molecule has 0 amide bonds. The number of nitrogens with one attached hydrogen (secondary N) is 1. The van der Waals surface area contributed by atoms with E-state index in [9.17, 15) is 33.2 Å². The number of carbonyl (C=O) groups is 2. The summed E-state index contributed by atoms with van der Waals surface area (Å²) in [6.07, 6.45) is -3.20. The Morgan fingerprint density at radius 3 is 2.08 bits per heavy atom. The maximum atomic E-state index is 13.6. The van der Waals surface area contributed by atoms with Crippen molar-refractivity contribution >= 4 is 19.8 Å². The van der Waals surface area contributed by atoms with Gasteiger partial charge in [0.05, 0.1) is 29.7 Å². The standard InChI is InChI=1S/C21H32FN2O12P/c1-20(2,3)17(27)31-10-34-37(30,35-11-32-18(28)21(4,5)6)33-9-14-13(25)7-15(36-14)24-8-12(22)16(26)23-19(24)29/h8,13-15,25H,7,9-11H2,1-6H3,(H,23,26,29)/t13-,14+,15+/m0/s1. The third-order valence-corrected chi connectivity index (χ3v) is 6.17. The van der Waals surface area contributed by atoms with E-state index in [0.717, 1.165) is 4.57 Å². The summed E-state index contributed by atoms with van der Waals surface area (Å²) in [6, 6.07) is 0. The predicted octanol–water partition coefficient (Wildman–Crippen LogP) is 1.58. The van der Waals surface area contributed by atoms with E-state index >= 15 is 0 Å². The molecular weight excluding hydrogens is 522 g/mol. The fraction of sp³-hybridized carbons (Fsp3) is 0.714. The molecule has 14 nitrogen and oxygen atoms in total. The monoisotopic (exact) mass is 554 g/mol. The van der Waals surface area contributed by atoms with E-state index in [1.807, 2.05) is 0 Å². The zero-order chi connectivity index (χ0) is 28.2. The van der Waals surface area contributed by atoms with Crippen LogP contribution < -0.4 is 11.2 Å². The molecule has 0 aliphatic carbocycles. The van der Waals surface area contributed by atoms with Crippen LogP contribution in [0.5, 0.6) is 0 Å². The van der Waals surface area contributed by atoms with Gasteiger partial charge in [0.2, 0.25) is 19.4 Å². The van der Waals surface area contributed by atoms with Crippen LogP contribution in [0.25, 0.3) is 0 Å². The second-order valence-corrected chi connectivity index (χ2v) is 11.8. The minimum absolute atomic E-state index is 0.197. The summed E-state index contributed by atoms with van der Waals surface area (Å²) in [5.74, 6) is -2.58. The van der Waals surface area contributed by atoms with Gasteiger partial charge < -0.3 is 19.3 Å². The number of rotatable bonds is 10. The first-order chi connectivity index (χ1) is 16.9. The van der Waals surface area contributed by atoms with Crippen LogP contribution in [0.3, 0.4) is 0 Å². The summed E-state index contributed by atoms with van der Waals surface area (Å²) in [5.41, 5.74) is -3.95. The van der Waals surface area contributed by atoms with E-state index in [-0.39, 0.29) is 6.42 Å². The Kier molecular flexibility index (Phi) is 9.96. The number of ether oxygens (including phenoxy) is 3. The van der Waals surface area contributed by atoms with Gasteiger partial charge in [-0.2, -0.15) is 4.39 Å². The normalized spacial score (nSPS) is 20.6. The first kappa shape index (κ1) is 30.8. The summed E-state index contributed by atoms with van der Waals surface area (Å²) in [4.78, 5) is 48.9. The molecule has 0 bridgehead atoms. The van der Waals surface area contributed by atoms with Crippen molar-refractivity contribution in [3.05, 3.63) is 32.9 Å². The van der Waals surface area contributed by atoms with Gasteiger partial charge in [0.25, 0.3) is 5.56 Å². The van der Waals surface area contributed by atoms with E-state index in [4.69, 9.17) is 27.8 Å². The van der Waals surface area contributed by atoms with Crippen LogP contribution in [0.2, 0.25) is 0 Å². The third kappa shape index (κ3) is 8.83. The molecule has 1 aromatic rings. The minimum atomic E-state index is -4.55. The van der Waals surface area contributed by atoms with Gasteiger partial charge >= 0.3 is 25.5 Å². The Morgan fingerprint density at radius 1 is 1.08 bits per heavy atom. The number of nitrogens with zero attached hydrogens (tertiary/aromatic N) is 1. The van der Waals surface area contributed by atoms with Crippen molar-refractivity contribution in [3.8, 4) is 0 Å². The first-order valence-electron chi connectivity index (χ1n) is 11.2. The molecule has 16 heteroatoms. The van der Waals surface area contributed by atoms with E-state index in [0.29, 0.717) is 6.20 Å². The van der Waals surface area contributed by atoms with Gasteiger partial charge in [-0.3, -0.25) is 28.5 Å². The lowest BCUT2D eigenvalue weighted by molar-refractivity contribution is -0.163. The molecule has 0 unspecified atom stereocenters. The summed E-state index contributed by atoms with van der Waals surface area (Å²) < 4.78 is 58.0. The fourth-order valence-electron chi connectivity index (χ4n) is 2.71. The molecule has 1 saturated heterocycles. The zero-order valence-electron chi connectivity index (χ0n) is 21.3. The van der Waals surface area contributed by atoms with Crippen LogP contribution in [-0.4, -0.2) is 59.0 Å². The number of carbonyl (C=O) groups excluding carboxylic acids is 2. The van der Waals surface area contributed by atoms with Crippen LogP contribution in [-0.2, 0) is 41.9 Å². The van der Waals surface area contributed by atoms with Gasteiger partial charge in [-0.15, -0.1) is 0 Å². The van der Waals surface area contributed by atoms with Gasteiger partial charge in [0.1, 0.15) is 12.3 Å². The molecule has 0 saturated carbocycles. The molecule has 0 radical (unpaired) electrons. The van der Waals surface area contributed by atoms with Gasteiger partial charge in [-0.1, -0.05) is 0 Å². The molecule has 1 aromatic heterocycles. The van der Waals surface area contributed by atoms with Gasteiger partial charge in [0, 0.05) is 6.42 Å². The average Bonchev–Trinajstić information content (AvgIpc) is 3.13. The molecule has 0 spiro atoms. The molecule has 1 fully saturated rings. The minimum Gasteiger partial charge on any atom is -0.437 e. The fourth-order valence-corrected chi connectivity index (χ4v) is 3.63. The van der Waals surface area contributed by atoms with E-state index in [2.05, 4.69) is 0 Å². The number of aliphatic hydroxyl groups excluding tert-OH is 1. The number of aromatic amines is 1. The Bertz CT molecular complexity index is 1100. The maximum Gasteiger partial charge on any atom is 0.480 e. The smallest absolute Gasteiger partial charge is 0.437 e. The SMILES string of the molecule is CC(C)(C)C(=O)OCOP(=O)(OCOC(=O)C(C)(C)C)OC[C@H]1O[C@@H](n2cc(F)c(=O)[nH]c2=O)C[C@@H]1O. The van der Waals surface area contributed by atoms with E-state index in [1.165, 1.54) is 0 Å². The van der Waals surface area contributed by atoms with Crippen LogP contribution in [0.15, 0.2) is 15.8 Å². The highest BCUT2D eigenvalue weighted by Crippen LogP contribution is 2.50. The summed E-state index contributed by atoms with van der Waals surface area (Å²) in [7, 11) is -4.55. The molecule has 2 N–H and O–H groups in total. The summed E-state index contributed by atoms with van der Waals surface area (Å²) in [5, 5.41) is 10.3. The second-order valence-electron chi connectivity index (χ2n) is 10.2. The van der Waals surface area contributed by atoms with Crippen molar-refractivity contribution in [2.45, 2.75) is 66.4 Å². The van der Waals surface area contributed by atoms with Crippen LogP contribution in [0.1, 0.15) is 54.2 Å². The number of halogens is 1. The molecule has 210 valence electrons. The van der Waals surface area contributed by atoms with Gasteiger partial charge in [-0.05, 0) is 41.5 Å². The molecule has 2 heterocycles. The molecule has 1 aliphatic heterocycles. The van der Waals surface area contributed by atoms with Crippen molar-refractivity contribution in [1.82, 2.24) is 9.55 Å². The maximum absolute atomic E-state index is 13.6. The lowest BCUT2D eigenvalue weighted by Crippen LogP contribution is -2.34. The van der Waals surface area contributed by atoms with Crippen LogP contribution >= 0.6 is 7.82 Å². The highest BCUT2D eigenvalue weighted by molar-refractivity contribution is 7.48. The zero-order valence-corrected chi connectivity index (χ0v) is 22.2. The Hall–Kier alpha value is -2.42.